The van der Waals surface area contributed by atoms with Crippen LogP contribution >= 0.6 is 0 Å². The zero-order chi connectivity index (χ0) is 13.4. The van der Waals surface area contributed by atoms with Crippen molar-refractivity contribution in [2.75, 3.05) is 20.8 Å². The summed E-state index contributed by atoms with van der Waals surface area (Å²) < 4.78 is 15.5. The van der Waals surface area contributed by atoms with Crippen molar-refractivity contribution in [3.05, 3.63) is 29.8 Å². The van der Waals surface area contributed by atoms with Gasteiger partial charge >= 0.3 is 0 Å². The molecule has 0 spiro atoms. The number of ether oxygens (including phenoxy) is 3. The Kier molecular flexibility index (Phi) is 6.39. The summed E-state index contributed by atoms with van der Waals surface area (Å²) in [6.07, 6.45) is 0.681. The van der Waals surface area contributed by atoms with Crippen molar-refractivity contribution >= 4 is 5.78 Å². The lowest BCUT2D eigenvalue weighted by Gasteiger charge is -2.12. The van der Waals surface area contributed by atoms with Gasteiger partial charge in [-0.25, -0.2) is 0 Å². The van der Waals surface area contributed by atoms with Crippen LogP contribution in [0.5, 0.6) is 5.75 Å². The second-order valence-electron chi connectivity index (χ2n) is 3.90. The maximum absolute atomic E-state index is 11.9. The molecule has 0 radical (unpaired) electrons. The molecule has 0 amide bonds. The Morgan fingerprint density at radius 3 is 2.28 bits per heavy atom. The van der Waals surface area contributed by atoms with Gasteiger partial charge in [0.1, 0.15) is 5.75 Å². The van der Waals surface area contributed by atoms with E-state index >= 15 is 0 Å². The Hall–Kier alpha value is -1.39. The molecule has 0 aliphatic heterocycles. The number of methoxy groups -OCH3 is 2. The number of benzene rings is 1. The smallest absolute Gasteiger partial charge is 0.167 e. The van der Waals surface area contributed by atoms with E-state index in [-0.39, 0.29) is 12.2 Å². The Bertz CT molecular complexity index is 355. The molecule has 1 rings (SSSR count). The van der Waals surface area contributed by atoms with E-state index in [1.165, 1.54) is 14.2 Å². The van der Waals surface area contributed by atoms with Crippen molar-refractivity contribution in [3.63, 3.8) is 0 Å². The van der Waals surface area contributed by atoms with E-state index < -0.39 is 6.29 Å². The number of Topliss-reactive ketones (excluding diaryl/α,β-unsaturated/α-hetero) is 1. The number of ketones is 1. The Morgan fingerprint density at radius 1 is 1.17 bits per heavy atom. The standard InChI is InChI=1S/C14H20O4/c1-4-9-18-12-7-5-11(6-8-12)13(15)10-14(16-2)17-3/h5-8,14H,4,9-10H2,1-3H3. The first-order valence-corrected chi connectivity index (χ1v) is 6.03. The molecule has 18 heavy (non-hydrogen) atoms. The van der Waals surface area contributed by atoms with Gasteiger partial charge in [-0.3, -0.25) is 4.79 Å². The van der Waals surface area contributed by atoms with Crippen LogP contribution in [-0.4, -0.2) is 32.9 Å². The van der Waals surface area contributed by atoms with E-state index in [1.54, 1.807) is 24.3 Å². The maximum atomic E-state index is 11.9. The summed E-state index contributed by atoms with van der Waals surface area (Å²) in [6, 6.07) is 7.13. The molecule has 0 bridgehead atoms. The van der Waals surface area contributed by atoms with Gasteiger partial charge in [0.2, 0.25) is 0 Å². The molecule has 0 heterocycles. The van der Waals surface area contributed by atoms with Crippen LogP contribution in [0.15, 0.2) is 24.3 Å². The van der Waals surface area contributed by atoms with Crippen LogP contribution in [-0.2, 0) is 9.47 Å². The van der Waals surface area contributed by atoms with Crippen LogP contribution in [0.1, 0.15) is 30.1 Å². The molecule has 4 nitrogen and oxygen atoms in total. The van der Waals surface area contributed by atoms with Crippen molar-refractivity contribution in [2.24, 2.45) is 0 Å². The second-order valence-corrected chi connectivity index (χ2v) is 3.90. The minimum atomic E-state index is -0.492. The molecule has 0 saturated carbocycles. The molecule has 0 saturated heterocycles. The molecule has 100 valence electrons. The second kappa shape index (κ2) is 7.84. The first-order valence-electron chi connectivity index (χ1n) is 6.03. The SMILES string of the molecule is CCCOc1ccc(C(=O)CC(OC)OC)cc1. The quantitative estimate of drug-likeness (QED) is 0.527. The highest BCUT2D eigenvalue weighted by Gasteiger charge is 2.13. The fourth-order valence-electron chi connectivity index (χ4n) is 1.49. The van der Waals surface area contributed by atoms with E-state index in [2.05, 4.69) is 0 Å². The zero-order valence-corrected chi connectivity index (χ0v) is 11.1. The largest absolute Gasteiger partial charge is 0.494 e. The van der Waals surface area contributed by atoms with Crippen LogP contribution in [0, 0.1) is 0 Å². The van der Waals surface area contributed by atoms with Gasteiger partial charge in [0.05, 0.1) is 13.0 Å². The Balaban J connectivity index is 2.58. The lowest BCUT2D eigenvalue weighted by molar-refractivity contribution is -0.0993. The van der Waals surface area contributed by atoms with E-state index in [9.17, 15) is 4.79 Å². The van der Waals surface area contributed by atoms with E-state index in [0.29, 0.717) is 12.2 Å². The molecule has 0 aliphatic carbocycles. The number of carbonyl (C=O) groups excluding carboxylic acids is 1. The van der Waals surface area contributed by atoms with Crippen LogP contribution in [0.4, 0.5) is 0 Å². The van der Waals surface area contributed by atoms with E-state index in [4.69, 9.17) is 14.2 Å². The third-order valence-electron chi connectivity index (χ3n) is 2.53. The van der Waals surface area contributed by atoms with Gasteiger partial charge in [0.15, 0.2) is 12.1 Å². The normalized spacial score (nSPS) is 10.7. The number of carbonyl (C=O) groups is 1. The van der Waals surface area contributed by atoms with Gasteiger partial charge in [-0.15, -0.1) is 0 Å². The maximum Gasteiger partial charge on any atom is 0.167 e. The van der Waals surface area contributed by atoms with Crippen molar-refractivity contribution in [2.45, 2.75) is 26.1 Å². The van der Waals surface area contributed by atoms with Crippen LogP contribution in [0.3, 0.4) is 0 Å². The van der Waals surface area contributed by atoms with Gasteiger partial charge in [-0.2, -0.15) is 0 Å². The average Bonchev–Trinajstić information content (AvgIpc) is 2.42. The minimum absolute atomic E-state index is 0.00857. The average molecular weight is 252 g/mol. The number of hydrogen-bond acceptors (Lipinski definition) is 4. The molecular weight excluding hydrogens is 232 g/mol. The van der Waals surface area contributed by atoms with Crippen molar-refractivity contribution in [3.8, 4) is 5.75 Å². The van der Waals surface area contributed by atoms with Crippen molar-refractivity contribution in [1.82, 2.24) is 0 Å². The van der Waals surface area contributed by atoms with Crippen molar-refractivity contribution < 1.29 is 19.0 Å². The van der Waals surface area contributed by atoms with Crippen molar-refractivity contribution in [1.29, 1.82) is 0 Å². The minimum Gasteiger partial charge on any atom is -0.494 e. The molecule has 0 aliphatic rings. The predicted octanol–water partition coefficient (Wildman–Crippen LogP) is 2.67. The fourth-order valence-corrected chi connectivity index (χ4v) is 1.49. The third kappa shape index (κ3) is 4.47. The third-order valence-corrected chi connectivity index (χ3v) is 2.53. The zero-order valence-electron chi connectivity index (χ0n) is 11.1. The van der Waals surface area contributed by atoms with Crippen LogP contribution in [0.25, 0.3) is 0 Å². The molecule has 1 aromatic carbocycles. The van der Waals surface area contributed by atoms with Gasteiger partial charge < -0.3 is 14.2 Å². The van der Waals surface area contributed by atoms with Crippen LogP contribution in [0.2, 0.25) is 0 Å². The molecule has 0 atom stereocenters. The highest BCUT2D eigenvalue weighted by atomic mass is 16.7. The molecular formula is C14H20O4. The summed E-state index contributed by atoms with van der Waals surface area (Å²) in [4.78, 5) is 11.9. The predicted molar refractivity (Wildman–Crippen MR) is 69.0 cm³/mol. The number of hydrogen-bond donors (Lipinski definition) is 0. The summed E-state index contributed by atoms with van der Waals surface area (Å²) in [5, 5.41) is 0. The molecule has 0 unspecified atom stereocenters. The molecule has 4 heteroatoms. The molecule has 0 N–H and O–H groups in total. The molecule has 1 aromatic rings. The first-order chi connectivity index (χ1) is 8.71. The lowest BCUT2D eigenvalue weighted by Crippen LogP contribution is -2.18. The number of rotatable bonds is 8. The van der Waals surface area contributed by atoms with Gasteiger partial charge in [0.25, 0.3) is 0 Å². The Labute approximate surface area is 108 Å². The monoisotopic (exact) mass is 252 g/mol. The molecule has 0 aromatic heterocycles. The van der Waals surface area contributed by atoms with Crippen LogP contribution < -0.4 is 4.74 Å². The highest BCUT2D eigenvalue weighted by molar-refractivity contribution is 5.96. The van der Waals surface area contributed by atoms with Gasteiger partial charge in [-0.05, 0) is 30.7 Å². The topological polar surface area (TPSA) is 44.8 Å². The fraction of sp³-hybridized carbons (Fsp3) is 0.500. The van der Waals surface area contributed by atoms with Gasteiger partial charge in [0, 0.05) is 19.8 Å². The van der Waals surface area contributed by atoms with E-state index in [1.807, 2.05) is 6.92 Å². The van der Waals surface area contributed by atoms with Gasteiger partial charge in [-0.1, -0.05) is 6.92 Å². The summed E-state index contributed by atoms with van der Waals surface area (Å²) in [5.41, 5.74) is 0.637. The first kappa shape index (κ1) is 14.7. The summed E-state index contributed by atoms with van der Waals surface area (Å²) >= 11 is 0. The highest BCUT2D eigenvalue weighted by Crippen LogP contribution is 2.15. The summed E-state index contributed by atoms with van der Waals surface area (Å²) in [5.74, 6) is 0.772. The van der Waals surface area contributed by atoms with E-state index in [0.717, 1.165) is 12.2 Å². The lowest BCUT2D eigenvalue weighted by atomic mass is 10.1. The summed E-state index contributed by atoms with van der Waals surface area (Å²) in [7, 11) is 3.03. The molecule has 0 fully saturated rings. The Morgan fingerprint density at radius 2 is 1.78 bits per heavy atom. The summed E-state index contributed by atoms with van der Waals surface area (Å²) in [6.45, 7) is 2.73.